The number of rotatable bonds is 7. The fourth-order valence-electron chi connectivity index (χ4n) is 2.41. The van der Waals surface area contributed by atoms with Crippen LogP contribution in [0.4, 0.5) is 13.2 Å². The maximum atomic E-state index is 13.7. The second-order valence-electron chi connectivity index (χ2n) is 5.97. The minimum atomic E-state index is -0.945. The first-order chi connectivity index (χ1) is 12.8. The monoisotopic (exact) mass is 442 g/mol. The molecule has 0 radical (unpaired) electrons. The van der Waals surface area contributed by atoms with Crippen LogP contribution >= 0.6 is 15.9 Å². The number of carbonyl (C=O) groups excluding carboxylic acids is 2. The Labute approximate surface area is 163 Å². The Morgan fingerprint density at radius 1 is 1.07 bits per heavy atom. The number of carbonyl (C=O) groups is 2. The van der Waals surface area contributed by atoms with Gasteiger partial charge in [-0.25, -0.2) is 13.2 Å². The van der Waals surface area contributed by atoms with E-state index in [2.05, 4.69) is 21.2 Å². The molecule has 0 heterocycles. The van der Waals surface area contributed by atoms with Crippen molar-refractivity contribution >= 4 is 27.7 Å². The van der Waals surface area contributed by atoms with Gasteiger partial charge in [-0.2, -0.15) is 0 Å². The van der Waals surface area contributed by atoms with E-state index < -0.39 is 23.4 Å². The third-order valence-electron chi connectivity index (χ3n) is 3.87. The van der Waals surface area contributed by atoms with E-state index in [0.717, 1.165) is 16.6 Å². The molecule has 0 atom stereocenters. The van der Waals surface area contributed by atoms with Gasteiger partial charge in [0.25, 0.3) is 5.91 Å². The van der Waals surface area contributed by atoms with E-state index in [1.165, 1.54) is 11.0 Å². The summed E-state index contributed by atoms with van der Waals surface area (Å²) in [5.74, 6) is -2.99. The summed E-state index contributed by atoms with van der Waals surface area (Å²) in [5, 5.41) is 2.48. The van der Waals surface area contributed by atoms with Gasteiger partial charge in [-0.05, 0) is 36.8 Å². The molecule has 8 heteroatoms. The van der Waals surface area contributed by atoms with Crippen LogP contribution in [0, 0.1) is 17.5 Å². The van der Waals surface area contributed by atoms with Crippen molar-refractivity contribution in [3.8, 4) is 0 Å². The highest BCUT2D eigenvalue weighted by Gasteiger charge is 2.14. The average Bonchev–Trinajstić information content (AvgIpc) is 2.61. The van der Waals surface area contributed by atoms with Gasteiger partial charge in [-0.3, -0.25) is 9.59 Å². The summed E-state index contributed by atoms with van der Waals surface area (Å²) in [6, 6.07) is 7.20. The average molecular weight is 443 g/mol. The third kappa shape index (κ3) is 6.09. The lowest BCUT2D eigenvalue weighted by Gasteiger charge is -2.18. The van der Waals surface area contributed by atoms with E-state index in [1.807, 2.05) is 0 Å². The van der Waals surface area contributed by atoms with E-state index in [-0.39, 0.29) is 31.0 Å². The summed E-state index contributed by atoms with van der Waals surface area (Å²) in [6.07, 6.45) is 0.469. The van der Waals surface area contributed by atoms with E-state index in [4.69, 9.17) is 0 Å². The molecule has 2 amide bonds. The van der Waals surface area contributed by atoms with E-state index in [9.17, 15) is 22.8 Å². The van der Waals surface area contributed by atoms with Gasteiger partial charge in [0, 0.05) is 42.7 Å². The first kappa shape index (κ1) is 21.0. The lowest BCUT2D eigenvalue weighted by molar-refractivity contribution is -0.130. The Hall–Kier alpha value is -2.35. The second-order valence-corrected chi connectivity index (χ2v) is 6.88. The molecular weight excluding hydrogens is 425 g/mol. The van der Waals surface area contributed by atoms with Gasteiger partial charge in [-0.15, -0.1) is 0 Å². The Morgan fingerprint density at radius 2 is 1.81 bits per heavy atom. The predicted octanol–water partition coefficient (Wildman–Crippen LogP) is 4.04. The molecule has 2 rings (SSSR count). The molecule has 0 bridgehead atoms. The van der Waals surface area contributed by atoms with Crippen molar-refractivity contribution in [1.82, 2.24) is 10.2 Å². The van der Waals surface area contributed by atoms with Crippen molar-refractivity contribution in [2.75, 3.05) is 13.6 Å². The summed E-state index contributed by atoms with van der Waals surface area (Å²) in [5.41, 5.74) is 0.130. The van der Waals surface area contributed by atoms with Crippen LogP contribution in [0.15, 0.2) is 40.9 Å². The van der Waals surface area contributed by atoms with Crippen molar-refractivity contribution in [2.24, 2.45) is 0 Å². The molecule has 0 unspecified atom stereocenters. The van der Waals surface area contributed by atoms with E-state index >= 15 is 0 Å². The van der Waals surface area contributed by atoms with Gasteiger partial charge in [0.2, 0.25) is 5.91 Å². The molecule has 0 aromatic heterocycles. The lowest BCUT2D eigenvalue weighted by atomic mass is 10.2. The molecule has 0 aliphatic rings. The van der Waals surface area contributed by atoms with Crippen molar-refractivity contribution in [3.05, 3.63) is 69.4 Å². The molecule has 144 valence electrons. The van der Waals surface area contributed by atoms with Crippen LogP contribution in [0.25, 0.3) is 0 Å². The fourth-order valence-corrected chi connectivity index (χ4v) is 2.82. The predicted molar refractivity (Wildman–Crippen MR) is 98.5 cm³/mol. The van der Waals surface area contributed by atoms with Crippen LogP contribution in [0.3, 0.4) is 0 Å². The van der Waals surface area contributed by atoms with E-state index in [0.29, 0.717) is 18.1 Å². The number of benzene rings is 2. The molecule has 0 aliphatic carbocycles. The van der Waals surface area contributed by atoms with Crippen LogP contribution in [-0.4, -0.2) is 30.3 Å². The Morgan fingerprint density at radius 3 is 2.52 bits per heavy atom. The largest absolute Gasteiger partial charge is 0.352 e. The van der Waals surface area contributed by atoms with Crippen LogP contribution < -0.4 is 5.32 Å². The molecule has 0 saturated carbocycles. The molecule has 0 fully saturated rings. The normalized spacial score (nSPS) is 10.6. The second kappa shape index (κ2) is 9.55. The maximum Gasteiger partial charge on any atom is 0.254 e. The zero-order valence-corrected chi connectivity index (χ0v) is 16.2. The van der Waals surface area contributed by atoms with Crippen molar-refractivity contribution in [2.45, 2.75) is 19.4 Å². The number of nitrogens with one attached hydrogen (secondary N) is 1. The summed E-state index contributed by atoms with van der Waals surface area (Å²) in [7, 11) is 1.56. The first-order valence-corrected chi connectivity index (χ1v) is 8.98. The fraction of sp³-hybridized carbons (Fsp3) is 0.263. The smallest absolute Gasteiger partial charge is 0.254 e. The molecule has 0 spiro atoms. The van der Waals surface area contributed by atoms with Crippen molar-refractivity contribution < 1.29 is 22.8 Å². The van der Waals surface area contributed by atoms with Gasteiger partial charge in [0.1, 0.15) is 17.5 Å². The highest BCUT2D eigenvalue weighted by molar-refractivity contribution is 9.10. The van der Waals surface area contributed by atoms with Crippen molar-refractivity contribution in [3.63, 3.8) is 0 Å². The number of amides is 2. The minimum Gasteiger partial charge on any atom is -0.352 e. The zero-order valence-electron chi connectivity index (χ0n) is 14.6. The SMILES string of the molecule is CN(Cc1cc(Br)ccc1F)C(=O)CCCNC(=O)c1ccc(F)cc1F. The van der Waals surface area contributed by atoms with Gasteiger partial charge in [0.15, 0.2) is 0 Å². The molecule has 4 nitrogen and oxygen atoms in total. The first-order valence-electron chi connectivity index (χ1n) is 8.19. The summed E-state index contributed by atoms with van der Waals surface area (Å²) in [4.78, 5) is 25.4. The molecule has 2 aromatic rings. The Balaban J connectivity index is 1.78. The quantitative estimate of drug-likeness (QED) is 0.657. The lowest BCUT2D eigenvalue weighted by Crippen LogP contribution is -2.29. The molecule has 1 N–H and O–H groups in total. The number of halogens is 4. The van der Waals surface area contributed by atoms with Gasteiger partial charge in [0.05, 0.1) is 5.56 Å². The third-order valence-corrected chi connectivity index (χ3v) is 4.36. The number of hydrogen-bond acceptors (Lipinski definition) is 2. The van der Waals surface area contributed by atoms with Crippen LogP contribution in [0.2, 0.25) is 0 Å². The van der Waals surface area contributed by atoms with Gasteiger partial charge >= 0.3 is 0 Å². The zero-order chi connectivity index (χ0) is 20.0. The van der Waals surface area contributed by atoms with Gasteiger partial charge in [-0.1, -0.05) is 15.9 Å². The van der Waals surface area contributed by atoms with E-state index in [1.54, 1.807) is 19.2 Å². The highest BCUT2D eigenvalue weighted by Crippen LogP contribution is 2.17. The highest BCUT2D eigenvalue weighted by atomic mass is 79.9. The minimum absolute atomic E-state index is 0.122. The van der Waals surface area contributed by atoms with Gasteiger partial charge < -0.3 is 10.2 Å². The summed E-state index contributed by atoms with van der Waals surface area (Å²) in [6.45, 7) is 0.276. The number of hydrogen-bond donors (Lipinski definition) is 1. The van der Waals surface area contributed by atoms with Crippen molar-refractivity contribution in [1.29, 1.82) is 0 Å². The molecule has 27 heavy (non-hydrogen) atoms. The molecule has 0 saturated heterocycles. The van der Waals surface area contributed by atoms with Crippen LogP contribution in [0.5, 0.6) is 0 Å². The van der Waals surface area contributed by atoms with Crippen LogP contribution in [-0.2, 0) is 11.3 Å². The standard InChI is InChI=1S/C19H18BrF3N2O2/c1-25(11-12-9-13(20)4-7-16(12)22)18(26)3-2-8-24-19(27)15-6-5-14(21)10-17(15)23/h4-7,9-10H,2-3,8,11H2,1H3,(H,24,27). The maximum absolute atomic E-state index is 13.7. The molecule has 2 aromatic carbocycles. The molecule has 0 aliphatic heterocycles. The summed E-state index contributed by atoms with van der Waals surface area (Å²) >= 11 is 3.26. The number of nitrogens with zero attached hydrogens (tertiary/aromatic N) is 1. The van der Waals surface area contributed by atoms with Crippen LogP contribution in [0.1, 0.15) is 28.8 Å². The summed E-state index contributed by atoms with van der Waals surface area (Å²) < 4.78 is 40.8. The molecular formula is C19H18BrF3N2O2. The topological polar surface area (TPSA) is 49.4 Å². The Bertz CT molecular complexity index is 846. The Kier molecular flexibility index (Phi) is 7.41.